The Bertz CT molecular complexity index is 1020. The summed E-state index contributed by atoms with van der Waals surface area (Å²) in [7, 11) is 0. The SMILES string of the molecule is C[C@]1(C(N)c2ccccc2)CC[C@@H](Oc2cc3cc[nH]c(=O)c3cc2Cl)CC1. The molecule has 1 aliphatic carbocycles. The van der Waals surface area contributed by atoms with Crippen LogP contribution < -0.4 is 16.0 Å². The first-order valence-corrected chi connectivity index (χ1v) is 10.1. The van der Waals surface area contributed by atoms with Crippen LogP contribution in [-0.2, 0) is 0 Å². The molecule has 146 valence electrons. The van der Waals surface area contributed by atoms with Crippen molar-refractivity contribution in [3.63, 3.8) is 0 Å². The van der Waals surface area contributed by atoms with Crippen LogP contribution in [0.5, 0.6) is 5.75 Å². The topological polar surface area (TPSA) is 68.1 Å². The number of H-pyrrole nitrogens is 1. The highest BCUT2D eigenvalue weighted by Crippen LogP contribution is 2.45. The van der Waals surface area contributed by atoms with Crippen molar-refractivity contribution in [3.05, 3.63) is 75.7 Å². The van der Waals surface area contributed by atoms with E-state index in [0.29, 0.717) is 16.2 Å². The van der Waals surface area contributed by atoms with Gasteiger partial charge in [0.25, 0.3) is 5.56 Å². The molecule has 1 saturated carbocycles. The Hall–Kier alpha value is -2.30. The second-order valence-electron chi connectivity index (χ2n) is 8.04. The van der Waals surface area contributed by atoms with E-state index in [4.69, 9.17) is 22.1 Å². The molecule has 4 rings (SSSR count). The minimum Gasteiger partial charge on any atom is -0.489 e. The Morgan fingerprint density at radius 1 is 1.18 bits per heavy atom. The van der Waals surface area contributed by atoms with Crippen LogP contribution in [0, 0.1) is 5.41 Å². The van der Waals surface area contributed by atoms with Gasteiger partial charge in [0, 0.05) is 17.6 Å². The lowest BCUT2D eigenvalue weighted by Gasteiger charge is -2.41. The van der Waals surface area contributed by atoms with Gasteiger partial charge >= 0.3 is 0 Å². The first-order chi connectivity index (χ1) is 13.5. The summed E-state index contributed by atoms with van der Waals surface area (Å²) in [5.41, 5.74) is 7.71. The third kappa shape index (κ3) is 3.67. The van der Waals surface area contributed by atoms with Gasteiger partial charge in [-0.1, -0.05) is 48.9 Å². The Balaban J connectivity index is 1.47. The molecule has 5 heteroatoms. The van der Waals surface area contributed by atoms with Crippen molar-refractivity contribution in [2.75, 3.05) is 0 Å². The molecule has 0 radical (unpaired) electrons. The number of ether oxygens (including phenoxy) is 1. The van der Waals surface area contributed by atoms with Gasteiger partial charge in [-0.2, -0.15) is 0 Å². The molecule has 0 bridgehead atoms. The highest BCUT2D eigenvalue weighted by atomic mass is 35.5. The number of fused-ring (bicyclic) bond motifs is 1. The first kappa shape index (κ1) is 19.0. The number of nitrogens with one attached hydrogen (secondary N) is 1. The number of nitrogens with two attached hydrogens (primary N) is 1. The molecule has 3 N–H and O–H groups in total. The predicted molar refractivity (Wildman–Crippen MR) is 114 cm³/mol. The van der Waals surface area contributed by atoms with Crippen LogP contribution in [0.4, 0.5) is 0 Å². The molecule has 1 atom stereocenters. The van der Waals surface area contributed by atoms with Crippen LogP contribution in [0.3, 0.4) is 0 Å². The van der Waals surface area contributed by atoms with E-state index in [1.54, 1.807) is 12.3 Å². The molecule has 1 fully saturated rings. The van der Waals surface area contributed by atoms with Crippen LogP contribution in [-0.4, -0.2) is 11.1 Å². The summed E-state index contributed by atoms with van der Waals surface area (Å²) in [5, 5.41) is 1.87. The summed E-state index contributed by atoms with van der Waals surface area (Å²) in [4.78, 5) is 14.6. The van der Waals surface area contributed by atoms with Crippen molar-refractivity contribution in [3.8, 4) is 5.75 Å². The lowest BCUT2D eigenvalue weighted by molar-refractivity contribution is 0.0728. The molecule has 0 saturated heterocycles. The second-order valence-corrected chi connectivity index (χ2v) is 8.44. The summed E-state index contributed by atoms with van der Waals surface area (Å²) in [5.74, 6) is 0.640. The van der Waals surface area contributed by atoms with Gasteiger partial charge in [0.1, 0.15) is 5.75 Å². The summed E-state index contributed by atoms with van der Waals surface area (Å²) in [6.45, 7) is 2.27. The molecular formula is C23H25ClN2O2. The third-order valence-electron chi connectivity index (χ3n) is 6.10. The van der Waals surface area contributed by atoms with Gasteiger partial charge in [0.05, 0.1) is 11.1 Å². The van der Waals surface area contributed by atoms with Gasteiger partial charge in [-0.25, -0.2) is 0 Å². The fraction of sp³-hybridized carbons (Fsp3) is 0.348. The lowest BCUT2D eigenvalue weighted by atomic mass is 9.68. The average molecular weight is 397 g/mol. The number of rotatable bonds is 4. The highest BCUT2D eigenvalue weighted by Gasteiger charge is 2.37. The number of aromatic nitrogens is 1. The van der Waals surface area contributed by atoms with Gasteiger partial charge in [0.15, 0.2) is 0 Å². The normalized spacial score (nSPS) is 23.5. The molecule has 1 unspecified atom stereocenters. The standard InChI is InChI=1S/C23H25ClN2O2/c1-23(21(25)15-5-3-2-4-6-15)10-7-17(8-11-23)28-20-13-16-9-12-26-22(27)18(16)14-19(20)24/h2-6,9,12-14,17,21H,7-8,10-11,25H2,1H3,(H,26,27)/t17-,21?,23+. The summed E-state index contributed by atoms with van der Waals surface area (Å²) < 4.78 is 6.23. The van der Waals surface area contributed by atoms with Crippen molar-refractivity contribution >= 4 is 22.4 Å². The van der Waals surface area contributed by atoms with Crippen molar-refractivity contribution < 1.29 is 4.74 Å². The lowest BCUT2D eigenvalue weighted by Crippen LogP contribution is -2.38. The zero-order valence-corrected chi connectivity index (χ0v) is 16.7. The van der Waals surface area contributed by atoms with Gasteiger partial charge < -0.3 is 15.5 Å². The van der Waals surface area contributed by atoms with Crippen LogP contribution in [0.2, 0.25) is 5.02 Å². The number of aromatic amines is 1. The number of benzene rings is 2. The fourth-order valence-corrected chi connectivity index (χ4v) is 4.41. The van der Waals surface area contributed by atoms with E-state index in [1.165, 1.54) is 5.56 Å². The quantitative estimate of drug-likeness (QED) is 0.636. The smallest absolute Gasteiger partial charge is 0.255 e. The third-order valence-corrected chi connectivity index (χ3v) is 6.40. The van der Waals surface area contributed by atoms with Crippen LogP contribution in [0.15, 0.2) is 59.5 Å². The number of halogens is 1. The van der Waals surface area contributed by atoms with Crippen LogP contribution in [0.25, 0.3) is 10.8 Å². The van der Waals surface area contributed by atoms with Gasteiger partial charge in [-0.3, -0.25) is 4.79 Å². The zero-order valence-electron chi connectivity index (χ0n) is 16.0. The maximum absolute atomic E-state index is 11.9. The van der Waals surface area contributed by atoms with E-state index in [-0.39, 0.29) is 23.1 Å². The maximum Gasteiger partial charge on any atom is 0.255 e. The van der Waals surface area contributed by atoms with Crippen molar-refractivity contribution in [1.82, 2.24) is 4.98 Å². The fourth-order valence-electron chi connectivity index (χ4n) is 4.20. The van der Waals surface area contributed by atoms with Crippen LogP contribution >= 0.6 is 11.6 Å². The van der Waals surface area contributed by atoms with E-state index in [1.807, 2.05) is 30.3 Å². The Morgan fingerprint density at radius 3 is 2.61 bits per heavy atom. The number of pyridine rings is 1. The van der Waals surface area contributed by atoms with Crippen molar-refractivity contribution in [1.29, 1.82) is 0 Å². The van der Waals surface area contributed by atoms with E-state index >= 15 is 0 Å². The van der Waals surface area contributed by atoms with E-state index < -0.39 is 0 Å². The highest BCUT2D eigenvalue weighted by molar-refractivity contribution is 6.32. The molecule has 0 aliphatic heterocycles. The van der Waals surface area contributed by atoms with E-state index in [0.717, 1.165) is 31.1 Å². The van der Waals surface area contributed by atoms with E-state index in [2.05, 4.69) is 24.0 Å². The van der Waals surface area contributed by atoms with Gasteiger partial charge in [-0.15, -0.1) is 0 Å². The minimum atomic E-state index is -0.144. The molecule has 3 aromatic rings. The predicted octanol–water partition coefficient (Wildman–Crippen LogP) is 5.21. The molecule has 0 spiro atoms. The minimum absolute atomic E-state index is 0.0191. The molecule has 1 heterocycles. The molecular weight excluding hydrogens is 372 g/mol. The van der Waals surface area contributed by atoms with Crippen LogP contribution in [0.1, 0.15) is 44.2 Å². The maximum atomic E-state index is 11.9. The Morgan fingerprint density at radius 2 is 1.89 bits per heavy atom. The molecule has 1 aliphatic rings. The summed E-state index contributed by atoms with van der Waals surface area (Å²) in [6, 6.07) is 15.7. The summed E-state index contributed by atoms with van der Waals surface area (Å²) >= 11 is 6.38. The second kappa shape index (κ2) is 7.61. The molecule has 0 amide bonds. The van der Waals surface area contributed by atoms with E-state index in [9.17, 15) is 4.79 Å². The Kier molecular flexibility index (Phi) is 5.17. The first-order valence-electron chi connectivity index (χ1n) is 9.74. The number of hydrogen-bond donors (Lipinski definition) is 2. The monoisotopic (exact) mass is 396 g/mol. The molecule has 4 nitrogen and oxygen atoms in total. The molecule has 1 aromatic heterocycles. The average Bonchev–Trinajstić information content (AvgIpc) is 2.71. The van der Waals surface area contributed by atoms with Crippen molar-refractivity contribution in [2.24, 2.45) is 11.1 Å². The molecule has 2 aromatic carbocycles. The van der Waals surface area contributed by atoms with Gasteiger partial charge in [-0.05, 0) is 60.2 Å². The zero-order chi connectivity index (χ0) is 19.7. The van der Waals surface area contributed by atoms with Gasteiger partial charge in [0.2, 0.25) is 0 Å². The Labute approximate surface area is 169 Å². The number of hydrogen-bond acceptors (Lipinski definition) is 3. The largest absolute Gasteiger partial charge is 0.489 e. The van der Waals surface area contributed by atoms with Crippen molar-refractivity contribution in [2.45, 2.75) is 44.8 Å². The summed E-state index contributed by atoms with van der Waals surface area (Å²) in [6.07, 6.45) is 5.60. The molecule has 28 heavy (non-hydrogen) atoms.